The molecule has 138 valence electrons. The van der Waals surface area contributed by atoms with Gasteiger partial charge in [-0.1, -0.05) is 5.16 Å². The van der Waals surface area contributed by atoms with Crippen molar-refractivity contribution < 1.29 is 13.3 Å². The van der Waals surface area contributed by atoms with Crippen molar-refractivity contribution in [1.82, 2.24) is 15.1 Å². The lowest BCUT2D eigenvalue weighted by molar-refractivity contribution is -0.0456. The first kappa shape index (κ1) is 17.9. The van der Waals surface area contributed by atoms with Crippen LogP contribution in [0.5, 0.6) is 0 Å². The first-order valence-electron chi connectivity index (χ1n) is 8.81. The Balaban J connectivity index is 1.79. The van der Waals surface area contributed by atoms with E-state index in [9.17, 15) is 8.78 Å². The van der Waals surface area contributed by atoms with Crippen LogP contribution in [0.25, 0.3) is 22.2 Å². The number of alkyl halides is 2. The molecule has 26 heavy (non-hydrogen) atoms. The number of fused-ring (bicyclic) bond motifs is 1. The van der Waals surface area contributed by atoms with Crippen LogP contribution in [0.1, 0.15) is 42.7 Å². The highest BCUT2D eigenvalue weighted by Crippen LogP contribution is 2.41. The van der Waals surface area contributed by atoms with E-state index in [4.69, 9.17) is 4.52 Å². The molecule has 3 aromatic rings. The number of nitrogens with one attached hydrogen (secondary N) is 1. The Kier molecular flexibility index (Phi) is 4.53. The minimum Gasteiger partial charge on any atom is -0.361 e. The molecule has 1 aliphatic rings. The minimum absolute atomic E-state index is 0.0190. The largest absolute Gasteiger partial charge is 0.361 e. The second kappa shape index (κ2) is 6.58. The Morgan fingerprint density at radius 2 is 2.04 bits per heavy atom. The minimum atomic E-state index is -2.50. The highest BCUT2D eigenvalue weighted by molar-refractivity contribution is 14.1. The zero-order valence-corrected chi connectivity index (χ0v) is 16.9. The van der Waals surface area contributed by atoms with Crippen LogP contribution < -0.4 is 0 Å². The van der Waals surface area contributed by atoms with Gasteiger partial charge in [-0.05, 0) is 67.2 Å². The molecule has 0 bridgehead atoms. The maximum Gasteiger partial charge on any atom is 0.248 e. The molecule has 0 unspecified atom stereocenters. The number of rotatable bonds is 3. The monoisotopic (exact) mass is 471 g/mol. The van der Waals surface area contributed by atoms with Crippen LogP contribution in [0.3, 0.4) is 0 Å². The average Bonchev–Trinajstić information content (AvgIpc) is 3.13. The summed E-state index contributed by atoms with van der Waals surface area (Å²) in [6.07, 6.45) is 5.63. The smallest absolute Gasteiger partial charge is 0.248 e. The fourth-order valence-electron chi connectivity index (χ4n) is 3.98. The van der Waals surface area contributed by atoms with E-state index in [2.05, 4.69) is 37.7 Å². The van der Waals surface area contributed by atoms with Gasteiger partial charge in [-0.3, -0.25) is 4.98 Å². The maximum absolute atomic E-state index is 13.5. The van der Waals surface area contributed by atoms with Gasteiger partial charge in [0.25, 0.3) is 0 Å². The molecule has 0 spiro atoms. The molecule has 0 saturated heterocycles. The molecule has 3 heterocycles. The standard InChI is InChI=1S/C19H20F2IN3O/c1-10-16(11(2)26-25-10)14-8-23-18-15(22)9-24-17(18)13(14)7-12-3-5-19(20,21)6-4-12/h8-9,12,24H,3-7H2,1-2H3. The van der Waals surface area contributed by atoms with E-state index in [0.717, 1.165) is 49.2 Å². The van der Waals surface area contributed by atoms with Crippen LogP contribution in [0, 0.1) is 23.3 Å². The summed E-state index contributed by atoms with van der Waals surface area (Å²) in [5.41, 5.74) is 5.81. The van der Waals surface area contributed by atoms with Crippen molar-refractivity contribution in [2.75, 3.05) is 0 Å². The summed E-state index contributed by atoms with van der Waals surface area (Å²) >= 11 is 2.26. The molecule has 3 aromatic heterocycles. The number of aromatic nitrogens is 3. The Hall–Kier alpha value is -1.51. The Morgan fingerprint density at radius 3 is 2.69 bits per heavy atom. The summed E-state index contributed by atoms with van der Waals surface area (Å²) in [4.78, 5) is 7.96. The summed E-state index contributed by atoms with van der Waals surface area (Å²) in [6.45, 7) is 3.81. The zero-order chi connectivity index (χ0) is 18.5. The Bertz CT molecular complexity index is 934. The molecule has 7 heteroatoms. The molecular formula is C19H20F2IN3O. The number of halogens is 3. The number of nitrogens with zero attached hydrogens (tertiary/aromatic N) is 2. The van der Waals surface area contributed by atoms with Gasteiger partial charge in [-0.25, -0.2) is 8.78 Å². The predicted octanol–water partition coefficient (Wildman–Crippen LogP) is 5.81. The van der Waals surface area contributed by atoms with Gasteiger partial charge >= 0.3 is 0 Å². The van der Waals surface area contributed by atoms with Gasteiger partial charge in [0.05, 0.1) is 14.8 Å². The molecule has 1 saturated carbocycles. The average molecular weight is 471 g/mol. The molecule has 1 N–H and O–H groups in total. The van der Waals surface area contributed by atoms with Gasteiger partial charge in [0.2, 0.25) is 5.92 Å². The van der Waals surface area contributed by atoms with Crippen LogP contribution >= 0.6 is 22.6 Å². The van der Waals surface area contributed by atoms with Crippen molar-refractivity contribution in [1.29, 1.82) is 0 Å². The van der Waals surface area contributed by atoms with Gasteiger partial charge in [-0.2, -0.15) is 0 Å². The van der Waals surface area contributed by atoms with Crippen molar-refractivity contribution in [3.05, 3.63) is 33.0 Å². The van der Waals surface area contributed by atoms with Gasteiger partial charge in [0.15, 0.2) is 0 Å². The number of hydrogen-bond acceptors (Lipinski definition) is 3. The van der Waals surface area contributed by atoms with Crippen molar-refractivity contribution in [3.63, 3.8) is 0 Å². The van der Waals surface area contributed by atoms with Crippen molar-refractivity contribution in [2.24, 2.45) is 5.92 Å². The lowest BCUT2D eigenvalue weighted by Gasteiger charge is -2.28. The maximum atomic E-state index is 13.5. The topological polar surface area (TPSA) is 54.7 Å². The van der Waals surface area contributed by atoms with E-state index in [1.807, 2.05) is 26.2 Å². The number of aromatic amines is 1. The molecule has 0 aromatic carbocycles. The third-order valence-corrected chi connectivity index (χ3v) is 6.21. The second-order valence-corrected chi connectivity index (χ2v) is 8.38. The van der Waals surface area contributed by atoms with Gasteiger partial charge < -0.3 is 9.51 Å². The normalized spacial score (nSPS) is 17.9. The van der Waals surface area contributed by atoms with E-state index < -0.39 is 5.92 Å². The van der Waals surface area contributed by atoms with Crippen molar-refractivity contribution in [2.45, 2.75) is 51.9 Å². The summed E-state index contributed by atoms with van der Waals surface area (Å²) in [5.74, 6) is -1.50. The third kappa shape index (κ3) is 3.14. The summed E-state index contributed by atoms with van der Waals surface area (Å²) in [7, 11) is 0. The van der Waals surface area contributed by atoms with Crippen LogP contribution in [-0.4, -0.2) is 21.0 Å². The lowest BCUT2D eigenvalue weighted by Crippen LogP contribution is -2.25. The van der Waals surface area contributed by atoms with E-state index in [1.54, 1.807) is 0 Å². The van der Waals surface area contributed by atoms with Crippen LogP contribution in [0.2, 0.25) is 0 Å². The van der Waals surface area contributed by atoms with E-state index >= 15 is 0 Å². The summed E-state index contributed by atoms with van der Waals surface area (Å²) in [5, 5.41) is 4.07. The third-order valence-electron chi connectivity index (χ3n) is 5.39. The molecule has 0 amide bonds. The highest BCUT2D eigenvalue weighted by Gasteiger charge is 2.35. The van der Waals surface area contributed by atoms with Crippen LogP contribution in [0.4, 0.5) is 8.78 Å². The first-order valence-corrected chi connectivity index (χ1v) is 9.89. The summed E-state index contributed by atoms with van der Waals surface area (Å²) < 4.78 is 33.5. The number of pyridine rings is 1. The van der Waals surface area contributed by atoms with Gasteiger partial charge in [-0.15, -0.1) is 0 Å². The second-order valence-electron chi connectivity index (χ2n) is 7.21. The van der Waals surface area contributed by atoms with Crippen molar-refractivity contribution in [3.8, 4) is 11.1 Å². The Morgan fingerprint density at radius 1 is 1.31 bits per heavy atom. The first-order chi connectivity index (χ1) is 12.4. The highest BCUT2D eigenvalue weighted by atomic mass is 127. The van der Waals surface area contributed by atoms with Gasteiger partial charge in [0, 0.05) is 36.4 Å². The molecule has 4 nitrogen and oxygen atoms in total. The lowest BCUT2D eigenvalue weighted by atomic mass is 9.81. The molecule has 0 atom stereocenters. The predicted molar refractivity (Wildman–Crippen MR) is 104 cm³/mol. The molecule has 0 aliphatic heterocycles. The van der Waals surface area contributed by atoms with Crippen LogP contribution in [-0.2, 0) is 6.42 Å². The molecule has 1 fully saturated rings. The molecule has 0 radical (unpaired) electrons. The fourth-order valence-corrected chi connectivity index (χ4v) is 4.54. The fraction of sp³-hybridized carbons (Fsp3) is 0.474. The molecular weight excluding hydrogens is 451 g/mol. The van der Waals surface area contributed by atoms with E-state index in [1.165, 1.54) is 0 Å². The van der Waals surface area contributed by atoms with E-state index in [0.29, 0.717) is 12.8 Å². The Labute approximate surface area is 163 Å². The SMILES string of the molecule is Cc1noc(C)c1-c1cnc2c(I)c[nH]c2c1CC1CCC(F)(F)CC1. The number of aryl methyl sites for hydroxylation is 2. The molecule has 1 aliphatic carbocycles. The zero-order valence-electron chi connectivity index (χ0n) is 14.7. The van der Waals surface area contributed by atoms with E-state index in [-0.39, 0.29) is 18.8 Å². The van der Waals surface area contributed by atoms with Gasteiger partial charge in [0.1, 0.15) is 11.3 Å². The number of hydrogen-bond donors (Lipinski definition) is 1. The van der Waals surface area contributed by atoms with Crippen molar-refractivity contribution >= 4 is 33.6 Å². The number of H-pyrrole nitrogens is 1. The summed E-state index contributed by atoms with van der Waals surface area (Å²) in [6, 6.07) is 0. The van der Waals surface area contributed by atoms with Crippen LogP contribution in [0.15, 0.2) is 16.9 Å². The quantitative estimate of drug-likeness (QED) is 0.491. The molecule has 4 rings (SSSR count).